The van der Waals surface area contributed by atoms with Gasteiger partial charge in [-0.05, 0) is 42.0 Å². The molecule has 0 atom stereocenters. The Hall–Kier alpha value is -3.35. The molecule has 2 amide bonds. The van der Waals surface area contributed by atoms with E-state index in [0.29, 0.717) is 17.0 Å². The van der Waals surface area contributed by atoms with Crippen molar-refractivity contribution in [1.29, 1.82) is 0 Å². The molecule has 0 saturated heterocycles. The van der Waals surface area contributed by atoms with Crippen molar-refractivity contribution in [3.8, 4) is 11.5 Å². The van der Waals surface area contributed by atoms with E-state index < -0.39 is 0 Å². The van der Waals surface area contributed by atoms with Crippen LogP contribution in [0.5, 0.6) is 11.5 Å². The number of carbonyl (C=O) groups is 2. The minimum absolute atomic E-state index is 0.0133. The summed E-state index contributed by atoms with van der Waals surface area (Å²) in [5.41, 5.74) is 3.62. The van der Waals surface area contributed by atoms with Crippen molar-refractivity contribution >= 4 is 23.7 Å². The van der Waals surface area contributed by atoms with E-state index in [9.17, 15) is 14.7 Å². The lowest BCUT2D eigenvalue weighted by atomic mass is 10.2. The van der Waals surface area contributed by atoms with Gasteiger partial charge in [-0.25, -0.2) is 5.43 Å². The summed E-state index contributed by atoms with van der Waals surface area (Å²) < 4.78 is 5.04. The number of hydrogen-bond donors (Lipinski definition) is 3. The number of methoxy groups -OCH3 is 1. The van der Waals surface area contributed by atoms with Crippen molar-refractivity contribution in [3.63, 3.8) is 0 Å². The maximum atomic E-state index is 11.8. The number of phenolic OH excluding ortho intramolecular Hbond substituents is 1. The Morgan fingerprint density at radius 1 is 1.12 bits per heavy atom. The van der Waals surface area contributed by atoms with Gasteiger partial charge in [-0.3, -0.25) is 9.59 Å². The second-order valence-corrected chi connectivity index (χ2v) is 5.16. The Kier molecular flexibility index (Phi) is 6.53. The predicted octanol–water partition coefficient (Wildman–Crippen LogP) is 2.27. The number of aromatic hydroxyl groups is 1. The second-order valence-electron chi connectivity index (χ2n) is 5.16. The summed E-state index contributed by atoms with van der Waals surface area (Å²) in [4.78, 5) is 23.5. The maximum Gasteiger partial charge on any atom is 0.240 e. The molecule has 2 rings (SSSR count). The predicted molar refractivity (Wildman–Crippen MR) is 94.7 cm³/mol. The molecule has 0 aliphatic heterocycles. The molecule has 0 unspecified atom stereocenters. The van der Waals surface area contributed by atoms with Crippen LogP contribution in [-0.4, -0.2) is 30.2 Å². The number of ether oxygens (including phenoxy) is 1. The number of benzene rings is 2. The molecule has 130 valence electrons. The number of nitrogens with one attached hydrogen (secondary N) is 2. The molecule has 0 spiro atoms. The monoisotopic (exact) mass is 341 g/mol. The van der Waals surface area contributed by atoms with Crippen LogP contribution in [0.1, 0.15) is 18.4 Å². The van der Waals surface area contributed by atoms with Gasteiger partial charge in [0.25, 0.3) is 0 Å². The van der Waals surface area contributed by atoms with E-state index in [1.807, 2.05) is 0 Å². The smallest absolute Gasteiger partial charge is 0.240 e. The number of hydrogen-bond acceptors (Lipinski definition) is 5. The molecule has 0 aliphatic rings. The van der Waals surface area contributed by atoms with Crippen LogP contribution < -0.4 is 15.5 Å². The van der Waals surface area contributed by atoms with Gasteiger partial charge in [0.05, 0.1) is 13.3 Å². The largest absolute Gasteiger partial charge is 0.508 e. The van der Waals surface area contributed by atoms with Crippen LogP contribution in [0.4, 0.5) is 5.69 Å². The molecule has 0 fully saturated rings. The average Bonchev–Trinajstić information content (AvgIpc) is 2.61. The summed E-state index contributed by atoms with van der Waals surface area (Å²) in [5, 5.41) is 15.8. The normalized spacial score (nSPS) is 10.4. The number of amides is 2. The molecule has 0 heterocycles. The van der Waals surface area contributed by atoms with Gasteiger partial charge < -0.3 is 15.2 Å². The molecule has 0 bridgehead atoms. The molecule has 0 radical (unpaired) electrons. The summed E-state index contributed by atoms with van der Waals surface area (Å²) in [6, 6.07) is 13.4. The van der Waals surface area contributed by atoms with Crippen LogP contribution in [0.25, 0.3) is 0 Å². The van der Waals surface area contributed by atoms with E-state index in [1.54, 1.807) is 43.5 Å². The molecule has 0 saturated carbocycles. The number of rotatable bonds is 7. The Balaban J connectivity index is 1.72. The van der Waals surface area contributed by atoms with E-state index in [1.165, 1.54) is 18.3 Å². The van der Waals surface area contributed by atoms with E-state index in [2.05, 4.69) is 15.8 Å². The summed E-state index contributed by atoms with van der Waals surface area (Å²) in [5.74, 6) is 0.172. The van der Waals surface area contributed by atoms with Gasteiger partial charge in [0.2, 0.25) is 11.8 Å². The Bertz CT molecular complexity index is 757. The lowest BCUT2D eigenvalue weighted by molar-refractivity contribution is -0.124. The highest BCUT2D eigenvalue weighted by atomic mass is 16.5. The van der Waals surface area contributed by atoms with Crippen molar-refractivity contribution in [2.75, 3.05) is 12.4 Å². The van der Waals surface area contributed by atoms with Gasteiger partial charge in [0.15, 0.2) is 0 Å². The third kappa shape index (κ3) is 6.34. The third-order valence-corrected chi connectivity index (χ3v) is 3.23. The lowest BCUT2D eigenvalue weighted by Gasteiger charge is -2.06. The van der Waals surface area contributed by atoms with Gasteiger partial charge in [0.1, 0.15) is 11.5 Å². The quantitative estimate of drug-likeness (QED) is 0.531. The molecule has 7 nitrogen and oxygen atoms in total. The molecule has 0 aromatic heterocycles. The van der Waals surface area contributed by atoms with Crippen LogP contribution in [0.3, 0.4) is 0 Å². The van der Waals surface area contributed by atoms with E-state index in [-0.39, 0.29) is 30.4 Å². The summed E-state index contributed by atoms with van der Waals surface area (Å²) in [7, 11) is 1.56. The minimum Gasteiger partial charge on any atom is -0.508 e. The highest BCUT2D eigenvalue weighted by molar-refractivity contribution is 5.93. The number of anilines is 1. The minimum atomic E-state index is -0.374. The zero-order chi connectivity index (χ0) is 18.1. The highest BCUT2D eigenvalue weighted by Crippen LogP contribution is 2.15. The lowest BCUT2D eigenvalue weighted by Crippen LogP contribution is -2.20. The molecule has 0 aliphatic carbocycles. The Labute approximate surface area is 145 Å². The maximum absolute atomic E-state index is 11.8. The van der Waals surface area contributed by atoms with Gasteiger partial charge in [-0.2, -0.15) is 5.10 Å². The summed E-state index contributed by atoms with van der Waals surface area (Å²) in [6.07, 6.45) is 1.47. The number of hydrazone groups is 1. The molecule has 25 heavy (non-hydrogen) atoms. The standard InChI is InChI=1S/C18H19N3O4/c1-25-16-7-5-14(6-8-16)20-17(23)9-10-18(24)21-19-12-13-3-2-4-15(22)11-13/h2-8,11-12,22H,9-10H2,1H3,(H,20,23)(H,21,24)/b19-12+. The van der Waals surface area contributed by atoms with E-state index in [4.69, 9.17) is 4.74 Å². The number of phenols is 1. The van der Waals surface area contributed by atoms with Crippen molar-refractivity contribution in [2.24, 2.45) is 5.10 Å². The first-order chi connectivity index (χ1) is 12.1. The summed E-state index contributed by atoms with van der Waals surface area (Å²) in [6.45, 7) is 0. The Morgan fingerprint density at radius 2 is 1.84 bits per heavy atom. The van der Waals surface area contributed by atoms with Crippen molar-refractivity contribution in [3.05, 3.63) is 54.1 Å². The molecule has 3 N–H and O–H groups in total. The first kappa shape index (κ1) is 18.0. The fraction of sp³-hybridized carbons (Fsp3) is 0.167. The fourth-order valence-corrected chi connectivity index (χ4v) is 1.96. The topological polar surface area (TPSA) is 100 Å². The average molecular weight is 341 g/mol. The van der Waals surface area contributed by atoms with Gasteiger partial charge >= 0.3 is 0 Å². The first-order valence-corrected chi connectivity index (χ1v) is 7.61. The molecule has 2 aromatic rings. The number of carbonyl (C=O) groups excluding carboxylic acids is 2. The highest BCUT2D eigenvalue weighted by Gasteiger charge is 2.07. The van der Waals surface area contributed by atoms with Gasteiger partial charge in [0, 0.05) is 18.5 Å². The van der Waals surface area contributed by atoms with Crippen molar-refractivity contribution < 1.29 is 19.4 Å². The van der Waals surface area contributed by atoms with Crippen molar-refractivity contribution in [2.45, 2.75) is 12.8 Å². The zero-order valence-electron chi connectivity index (χ0n) is 13.7. The Morgan fingerprint density at radius 3 is 2.52 bits per heavy atom. The van der Waals surface area contributed by atoms with Crippen molar-refractivity contribution in [1.82, 2.24) is 5.43 Å². The summed E-state index contributed by atoms with van der Waals surface area (Å²) >= 11 is 0. The fourth-order valence-electron chi connectivity index (χ4n) is 1.96. The van der Waals surface area contributed by atoms with E-state index in [0.717, 1.165) is 0 Å². The van der Waals surface area contributed by atoms with Gasteiger partial charge in [-0.1, -0.05) is 12.1 Å². The van der Waals surface area contributed by atoms with Crippen LogP contribution in [-0.2, 0) is 9.59 Å². The molecule has 7 heteroatoms. The third-order valence-electron chi connectivity index (χ3n) is 3.23. The first-order valence-electron chi connectivity index (χ1n) is 7.61. The SMILES string of the molecule is COc1ccc(NC(=O)CCC(=O)N/N=C/c2cccc(O)c2)cc1. The van der Waals surface area contributed by atoms with E-state index >= 15 is 0 Å². The van der Waals surface area contributed by atoms with Crippen LogP contribution >= 0.6 is 0 Å². The van der Waals surface area contributed by atoms with Crippen LogP contribution in [0.15, 0.2) is 53.6 Å². The second kappa shape index (κ2) is 9.07. The number of nitrogens with zero attached hydrogens (tertiary/aromatic N) is 1. The molecule has 2 aromatic carbocycles. The van der Waals surface area contributed by atoms with Gasteiger partial charge in [-0.15, -0.1) is 0 Å². The molecular weight excluding hydrogens is 322 g/mol. The molecular formula is C18H19N3O4. The van der Waals surface area contributed by atoms with Crippen LogP contribution in [0.2, 0.25) is 0 Å². The zero-order valence-corrected chi connectivity index (χ0v) is 13.7. The van der Waals surface area contributed by atoms with Crippen LogP contribution in [0, 0.1) is 0 Å².